The predicted octanol–water partition coefficient (Wildman–Crippen LogP) is 2.59. The molecule has 0 saturated heterocycles. The average Bonchev–Trinajstić information content (AvgIpc) is 3.04. The van der Waals surface area contributed by atoms with Gasteiger partial charge in [-0.05, 0) is 60.9 Å². The number of hydrazone groups is 1. The van der Waals surface area contributed by atoms with Crippen molar-refractivity contribution in [1.29, 1.82) is 0 Å². The van der Waals surface area contributed by atoms with Gasteiger partial charge in [-0.1, -0.05) is 6.07 Å². The van der Waals surface area contributed by atoms with Crippen molar-refractivity contribution in [3.8, 4) is 11.5 Å². The van der Waals surface area contributed by atoms with Gasteiger partial charge in [0.25, 0.3) is 5.91 Å². The summed E-state index contributed by atoms with van der Waals surface area (Å²) in [7, 11) is 0. The second-order valence-corrected chi connectivity index (χ2v) is 5.56. The zero-order valence-corrected chi connectivity index (χ0v) is 13.6. The third-order valence-corrected chi connectivity index (χ3v) is 3.76. The van der Waals surface area contributed by atoms with Crippen LogP contribution in [0.3, 0.4) is 0 Å². The number of benzene rings is 2. The quantitative estimate of drug-likeness (QED) is 0.655. The molecule has 6 heteroatoms. The summed E-state index contributed by atoms with van der Waals surface area (Å²) in [6.45, 7) is 4.48. The lowest BCUT2D eigenvalue weighted by molar-refractivity contribution is -0.119. The molecule has 24 heavy (non-hydrogen) atoms. The molecule has 0 radical (unpaired) electrons. The Morgan fingerprint density at radius 1 is 1.12 bits per heavy atom. The van der Waals surface area contributed by atoms with Gasteiger partial charge in [0.15, 0.2) is 11.5 Å². The van der Waals surface area contributed by atoms with Gasteiger partial charge in [-0.3, -0.25) is 4.79 Å². The van der Waals surface area contributed by atoms with Crippen LogP contribution < -0.4 is 20.2 Å². The molecule has 1 aliphatic rings. The van der Waals surface area contributed by atoms with Gasteiger partial charge in [0.2, 0.25) is 6.79 Å². The van der Waals surface area contributed by atoms with Gasteiger partial charge in [-0.25, -0.2) is 5.43 Å². The van der Waals surface area contributed by atoms with E-state index in [1.54, 1.807) is 6.21 Å². The molecule has 0 bridgehead atoms. The number of aryl methyl sites for hydroxylation is 2. The fourth-order valence-electron chi connectivity index (χ4n) is 2.25. The summed E-state index contributed by atoms with van der Waals surface area (Å²) >= 11 is 0. The highest BCUT2D eigenvalue weighted by molar-refractivity contribution is 5.84. The molecule has 2 N–H and O–H groups in total. The van der Waals surface area contributed by atoms with Crippen LogP contribution in [0.2, 0.25) is 0 Å². The minimum atomic E-state index is -0.217. The van der Waals surface area contributed by atoms with Crippen molar-refractivity contribution in [1.82, 2.24) is 5.43 Å². The molecule has 6 nitrogen and oxygen atoms in total. The maximum Gasteiger partial charge on any atom is 0.259 e. The van der Waals surface area contributed by atoms with Crippen molar-refractivity contribution in [2.75, 3.05) is 18.7 Å². The normalized spacial score (nSPS) is 12.4. The van der Waals surface area contributed by atoms with E-state index >= 15 is 0 Å². The zero-order chi connectivity index (χ0) is 16.9. The van der Waals surface area contributed by atoms with Crippen LogP contribution in [0.4, 0.5) is 5.69 Å². The minimum Gasteiger partial charge on any atom is -0.454 e. The maximum atomic E-state index is 11.8. The molecule has 0 spiro atoms. The third-order valence-electron chi connectivity index (χ3n) is 3.76. The average molecular weight is 325 g/mol. The largest absolute Gasteiger partial charge is 0.454 e. The van der Waals surface area contributed by atoms with Crippen LogP contribution in [0.15, 0.2) is 41.5 Å². The number of carbonyl (C=O) groups excluding carboxylic acids is 1. The van der Waals surface area contributed by atoms with E-state index in [2.05, 4.69) is 22.8 Å². The summed E-state index contributed by atoms with van der Waals surface area (Å²) in [5.74, 6) is 1.18. The first-order chi connectivity index (χ1) is 11.6. The van der Waals surface area contributed by atoms with Crippen molar-refractivity contribution in [2.45, 2.75) is 13.8 Å². The maximum absolute atomic E-state index is 11.8. The van der Waals surface area contributed by atoms with Crippen LogP contribution in [-0.4, -0.2) is 25.5 Å². The molecule has 0 aliphatic carbocycles. The van der Waals surface area contributed by atoms with Gasteiger partial charge in [0, 0.05) is 5.69 Å². The molecular weight excluding hydrogens is 306 g/mol. The predicted molar refractivity (Wildman–Crippen MR) is 92.7 cm³/mol. The molecule has 0 atom stereocenters. The number of anilines is 1. The van der Waals surface area contributed by atoms with Gasteiger partial charge >= 0.3 is 0 Å². The molecule has 1 amide bonds. The van der Waals surface area contributed by atoms with E-state index in [1.807, 2.05) is 43.3 Å². The highest BCUT2D eigenvalue weighted by atomic mass is 16.7. The van der Waals surface area contributed by atoms with Crippen LogP contribution in [0.1, 0.15) is 16.7 Å². The van der Waals surface area contributed by atoms with E-state index in [1.165, 1.54) is 11.1 Å². The molecule has 1 heterocycles. The van der Waals surface area contributed by atoms with Crippen LogP contribution >= 0.6 is 0 Å². The molecule has 3 rings (SSSR count). The molecular formula is C18H19N3O3. The van der Waals surface area contributed by atoms with Gasteiger partial charge in [-0.15, -0.1) is 0 Å². The second-order valence-electron chi connectivity index (χ2n) is 5.56. The molecule has 0 unspecified atom stereocenters. The first-order valence-electron chi connectivity index (χ1n) is 7.64. The van der Waals surface area contributed by atoms with E-state index in [0.29, 0.717) is 11.5 Å². The topological polar surface area (TPSA) is 72.0 Å². The summed E-state index contributed by atoms with van der Waals surface area (Å²) in [5.41, 5.74) is 6.62. The lowest BCUT2D eigenvalue weighted by atomic mass is 10.1. The molecule has 124 valence electrons. The number of hydrogen-bond donors (Lipinski definition) is 2. The van der Waals surface area contributed by atoms with Gasteiger partial charge in [-0.2, -0.15) is 5.10 Å². The zero-order valence-electron chi connectivity index (χ0n) is 13.6. The van der Waals surface area contributed by atoms with Crippen molar-refractivity contribution in [2.24, 2.45) is 5.10 Å². The number of carbonyl (C=O) groups is 1. The molecule has 1 aliphatic heterocycles. The molecule has 0 aromatic heterocycles. The number of ether oxygens (including phenoxy) is 2. The lowest BCUT2D eigenvalue weighted by Gasteiger charge is -2.07. The number of nitrogens with zero attached hydrogens (tertiary/aromatic N) is 1. The second kappa shape index (κ2) is 7.04. The summed E-state index contributed by atoms with van der Waals surface area (Å²) < 4.78 is 10.5. The Kier molecular flexibility index (Phi) is 4.65. The fraction of sp³-hybridized carbons (Fsp3) is 0.222. The smallest absolute Gasteiger partial charge is 0.259 e. The summed E-state index contributed by atoms with van der Waals surface area (Å²) in [5, 5.41) is 7.02. The molecule has 0 fully saturated rings. The number of amides is 1. The van der Waals surface area contributed by atoms with Crippen molar-refractivity contribution >= 4 is 17.8 Å². The summed E-state index contributed by atoms with van der Waals surface area (Å²) in [6, 6.07) is 11.5. The molecule has 0 saturated carbocycles. The number of hydrogen-bond acceptors (Lipinski definition) is 5. The number of nitrogens with one attached hydrogen (secondary N) is 2. The van der Waals surface area contributed by atoms with Gasteiger partial charge in [0.1, 0.15) is 0 Å². The Morgan fingerprint density at radius 2 is 1.96 bits per heavy atom. The van der Waals surface area contributed by atoms with Crippen LogP contribution in [0.5, 0.6) is 11.5 Å². The standard InChI is InChI=1S/C18H19N3O3/c1-12-3-5-15(7-13(12)2)19-10-18(22)21-20-9-14-4-6-16-17(8-14)24-11-23-16/h3-9,19H,10-11H2,1-2H3,(H,21,22)/b20-9-. The Balaban J connectivity index is 1.49. The third kappa shape index (κ3) is 3.84. The van der Waals surface area contributed by atoms with E-state index < -0.39 is 0 Å². The summed E-state index contributed by atoms with van der Waals surface area (Å²) in [6.07, 6.45) is 1.57. The van der Waals surface area contributed by atoms with Crippen molar-refractivity contribution in [3.05, 3.63) is 53.1 Å². The van der Waals surface area contributed by atoms with E-state index in [4.69, 9.17) is 9.47 Å². The highest BCUT2D eigenvalue weighted by Crippen LogP contribution is 2.31. The van der Waals surface area contributed by atoms with Gasteiger partial charge < -0.3 is 14.8 Å². The van der Waals surface area contributed by atoms with Crippen molar-refractivity contribution in [3.63, 3.8) is 0 Å². The lowest BCUT2D eigenvalue weighted by Crippen LogP contribution is -2.25. The Bertz CT molecular complexity index is 787. The van der Waals surface area contributed by atoms with Crippen LogP contribution in [0, 0.1) is 13.8 Å². The van der Waals surface area contributed by atoms with Crippen molar-refractivity contribution < 1.29 is 14.3 Å². The SMILES string of the molecule is Cc1ccc(NCC(=O)N/N=C\c2ccc3c(c2)OCO3)cc1C. The number of fused-ring (bicyclic) bond motifs is 1. The monoisotopic (exact) mass is 325 g/mol. The Hall–Kier alpha value is -3.02. The minimum absolute atomic E-state index is 0.154. The fourth-order valence-corrected chi connectivity index (χ4v) is 2.25. The Morgan fingerprint density at radius 3 is 2.79 bits per heavy atom. The first-order valence-corrected chi connectivity index (χ1v) is 7.64. The van der Waals surface area contributed by atoms with E-state index in [9.17, 15) is 4.79 Å². The molecule has 2 aromatic rings. The Labute approximate surface area is 140 Å². The first kappa shape index (κ1) is 15.9. The number of rotatable bonds is 5. The van der Waals surface area contributed by atoms with Crippen LogP contribution in [-0.2, 0) is 4.79 Å². The highest BCUT2D eigenvalue weighted by Gasteiger charge is 2.12. The van der Waals surface area contributed by atoms with E-state index in [0.717, 1.165) is 11.3 Å². The van der Waals surface area contributed by atoms with Crippen LogP contribution in [0.25, 0.3) is 0 Å². The van der Waals surface area contributed by atoms with E-state index in [-0.39, 0.29) is 19.2 Å². The summed E-state index contributed by atoms with van der Waals surface area (Å²) in [4.78, 5) is 11.8. The van der Waals surface area contributed by atoms with Gasteiger partial charge in [0.05, 0.1) is 12.8 Å². The molecule has 2 aromatic carbocycles.